The first-order chi connectivity index (χ1) is 8.56. The first kappa shape index (κ1) is 14.2. The highest BCUT2D eigenvalue weighted by atomic mass is 79.9. The van der Waals surface area contributed by atoms with Crippen LogP contribution < -0.4 is 10.6 Å². The Kier molecular flexibility index (Phi) is 5.38. The van der Waals surface area contributed by atoms with Gasteiger partial charge in [0.15, 0.2) is 0 Å². The second-order valence-electron chi connectivity index (χ2n) is 3.29. The first-order valence-electron chi connectivity index (χ1n) is 5.11. The number of hydrogen-bond acceptors (Lipinski definition) is 4. The Morgan fingerprint density at radius 3 is 2.39 bits per heavy atom. The van der Waals surface area contributed by atoms with Crippen molar-refractivity contribution in [3.63, 3.8) is 0 Å². The Bertz CT molecular complexity index is 469. The summed E-state index contributed by atoms with van der Waals surface area (Å²) in [4.78, 5) is 22.7. The van der Waals surface area contributed by atoms with E-state index in [0.717, 1.165) is 10.5 Å². The zero-order valence-electron chi connectivity index (χ0n) is 9.99. The molecule has 6 heteroatoms. The number of anilines is 1. The van der Waals surface area contributed by atoms with Gasteiger partial charge in [-0.25, -0.2) is 4.79 Å². The van der Waals surface area contributed by atoms with Crippen LogP contribution in [-0.2, 0) is 14.3 Å². The third-order valence-corrected chi connectivity index (χ3v) is 2.59. The van der Waals surface area contributed by atoms with Crippen LogP contribution in [0.1, 0.15) is 0 Å². The molecule has 0 atom stereocenters. The standard InChI is InChI=1S/C12H13BrN2O3/c1-14-12(17)10(7-11(16)18-2)15-9-5-3-8(13)4-6-9/h3-7,15H,1-2H3,(H,14,17)/b10-7-. The number of hydrogen-bond donors (Lipinski definition) is 2. The van der Waals surface area contributed by atoms with Gasteiger partial charge in [-0.05, 0) is 24.3 Å². The van der Waals surface area contributed by atoms with Crippen molar-refractivity contribution in [2.45, 2.75) is 0 Å². The molecule has 1 aromatic rings. The summed E-state index contributed by atoms with van der Waals surface area (Å²) < 4.78 is 5.41. The van der Waals surface area contributed by atoms with Crippen LogP contribution in [0.5, 0.6) is 0 Å². The number of amides is 1. The van der Waals surface area contributed by atoms with E-state index < -0.39 is 11.9 Å². The summed E-state index contributed by atoms with van der Waals surface area (Å²) in [6, 6.07) is 7.19. The molecule has 2 N–H and O–H groups in total. The third-order valence-electron chi connectivity index (χ3n) is 2.06. The lowest BCUT2D eigenvalue weighted by Crippen LogP contribution is -2.25. The van der Waals surface area contributed by atoms with Gasteiger partial charge in [-0.1, -0.05) is 15.9 Å². The van der Waals surface area contributed by atoms with E-state index in [4.69, 9.17) is 0 Å². The van der Waals surface area contributed by atoms with Crippen molar-refractivity contribution in [1.29, 1.82) is 0 Å². The van der Waals surface area contributed by atoms with Crippen LogP contribution >= 0.6 is 15.9 Å². The molecule has 0 saturated heterocycles. The Morgan fingerprint density at radius 1 is 1.28 bits per heavy atom. The van der Waals surface area contributed by atoms with Gasteiger partial charge in [0.1, 0.15) is 5.70 Å². The van der Waals surface area contributed by atoms with Crippen molar-refractivity contribution >= 4 is 33.5 Å². The van der Waals surface area contributed by atoms with Gasteiger partial charge < -0.3 is 15.4 Å². The first-order valence-corrected chi connectivity index (χ1v) is 5.90. The van der Waals surface area contributed by atoms with E-state index >= 15 is 0 Å². The molecular weight excluding hydrogens is 300 g/mol. The van der Waals surface area contributed by atoms with E-state index in [0.29, 0.717) is 5.69 Å². The van der Waals surface area contributed by atoms with E-state index in [2.05, 4.69) is 31.3 Å². The van der Waals surface area contributed by atoms with E-state index in [-0.39, 0.29) is 5.70 Å². The maximum Gasteiger partial charge on any atom is 0.332 e. The summed E-state index contributed by atoms with van der Waals surface area (Å²) in [6.45, 7) is 0. The van der Waals surface area contributed by atoms with Gasteiger partial charge in [0.2, 0.25) is 0 Å². The average molecular weight is 313 g/mol. The fourth-order valence-electron chi connectivity index (χ4n) is 1.16. The van der Waals surface area contributed by atoms with Crippen molar-refractivity contribution in [2.24, 2.45) is 0 Å². The number of likely N-dealkylation sites (N-methyl/N-ethyl adjacent to an activating group) is 1. The van der Waals surface area contributed by atoms with Crippen LogP contribution in [-0.4, -0.2) is 26.0 Å². The smallest absolute Gasteiger partial charge is 0.332 e. The fourth-order valence-corrected chi connectivity index (χ4v) is 1.42. The Morgan fingerprint density at radius 2 is 1.89 bits per heavy atom. The molecule has 0 spiro atoms. The number of halogens is 1. The molecule has 0 fully saturated rings. The van der Waals surface area contributed by atoms with Crippen LogP contribution in [0.4, 0.5) is 5.69 Å². The number of nitrogens with one attached hydrogen (secondary N) is 2. The maximum absolute atomic E-state index is 11.6. The molecule has 1 aromatic carbocycles. The van der Waals surface area contributed by atoms with Gasteiger partial charge in [0, 0.05) is 17.2 Å². The van der Waals surface area contributed by atoms with Crippen molar-refractivity contribution in [3.05, 3.63) is 40.5 Å². The van der Waals surface area contributed by atoms with Gasteiger partial charge >= 0.3 is 5.97 Å². The number of ether oxygens (including phenoxy) is 1. The molecule has 0 radical (unpaired) electrons. The Balaban J connectivity index is 2.91. The van der Waals surface area contributed by atoms with E-state index in [1.165, 1.54) is 14.2 Å². The number of methoxy groups -OCH3 is 1. The Labute approximate surface area is 113 Å². The second kappa shape index (κ2) is 6.80. The molecular formula is C12H13BrN2O3. The molecule has 5 nitrogen and oxygen atoms in total. The van der Waals surface area contributed by atoms with Gasteiger partial charge in [0.05, 0.1) is 13.2 Å². The maximum atomic E-state index is 11.6. The lowest BCUT2D eigenvalue weighted by Gasteiger charge is -2.09. The molecule has 0 aromatic heterocycles. The summed E-state index contributed by atoms with van der Waals surface area (Å²) in [5.74, 6) is -0.999. The zero-order chi connectivity index (χ0) is 13.5. The molecule has 18 heavy (non-hydrogen) atoms. The number of carbonyl (C=O) groups is 2. The fraction of sp³-hybridized carbons (Fsp3) is 0.167. The van der Waals surface area contributed by atoms with Gasteiger partial charge in [-0.3, -0.25) is 4.79 Å². The van der Waals surface area contributed by atoms with Crippen LogP contribution in [0.15, 0.2) is 40.5 Å². The van der Waals surface area contributed by atoms with E-state index in [1.54, 1.807) is 12.1 Å². The molecule has 0 unspecified atom stereocenters. The van der Waals surface area contributed by atoms with Gasteiger partial charge in [-0.2, -0.15) is 0 Å². The minimum absolute atomic E-state index is 0.117. The molecule has 0 bridgehead atoms. The molecule has 1 amide bonds. The minimum Gasteiger partial charge on any atom is -0.466 e. The molecule has 1 rings (SSSR count). The summed E-state index contributed by atoms with van der Waals surface area (Å²) in [6.07, 6.45) is 1.10. The number of rotatable bonds is 4. The Hall–Kier alpha value is -1.82. The molecule has 0 aliphatic carbocycles. The third kappa shape index (κ3) is 4.21. The molecule has 96 valence electrons. The number of esters is 1. The lowest BCUT2D eigenvalue weighted by molar-refractivity contribution is -0.135. The van der Waals surface area contributed by atoms with Gasteiger partial charge in [-0.15, -0.1) is 0 Å². The molecule has 0 heterocycles. The average Bonchev–Trinajstić information content (AvgIpc) is 2.39. The molecule has 0 saturated carbocycles. The summed E-state index contributed by atoms with van der Waals surface area (Å²) >= 11 is 3.31. The van der Waals surface area contributed by atoms with Crippen molar-refractivity contribution in [3.8, 4) is 0 Å². The predicted molar refractivity (Wildman–Crippen MR) is 71.9 cm³/mol. The normalized spacial score (nSPS) is 10.7. The van der Waals surface area contributed by atoms with Crippen LogP contribution in [0.3, 0.4) is 0 Å². The van der Waals surface area contributed by atoms with Crippen LogP contribution in [0.2, 0.25) is 0 Å². The van der Waals surface area contributed by atoms with Crippen molar-refractivity contribution in [1.82, 2.24) is 5.32 Å². The van der Waals surface area contributed by atoms with E-state index in [1.807, 2.05) is 12.1 Å². The zero-order valence-corrected chi connectivity index (χ0v) is 11.6. The molecule has 0 aliphatic rings. The highest BCUT2D eigenvalue weighted by Gasteiger charge is 2.10. The number of carbonyl (C=O) groups excluding carboxylic acids is 2. The van der Waals surface area contributed by atoms with Crippen molar-refractivity contribution < 1.29 is 14.3 Å². The largest absolute Gasteiger partial charge is 0.466 e. The summed E-state index contributed by atoms with van der Waals surface area (Å²) in [5, 5.41) is 5.29. The highest BCUT2D eigenvalue weighted by molar-refractivity contribution is 9.10. The monoisotopic (exact) mass is 312 g/mol. The van der Waals surface area contributed by atoms with Crippen LogP contribution in [0, 0.1) is 0 Å². The lowest BCUT2D eigenvalue weighted by atomic mass is 10.3. The topological polar surface area (TPSA) is 67.4 Å². The van der Waals surface area contributed by atoms with E-state index in [9.17, 15) is 9.59 Å². The summed E-state index contributed by atoms with van der Waals surface area (Å²) in [5.41, 5.74) is 0.809. The van der Waals surface area contributed by atoms with Crippen molar-refractivity contribution in [2.75, 3.05) is 19.5 Å². The highest BCUT2D eigenvalue weighted by Crippen LogP contribution is 2.15. The quantitative estimate of drug-likeness (QED) is 0.655. The molecule has 0 aliphatic heterocycles. The minimum atomic E-state index is -0.599. The van der Waals surface area contributed by atoms with Gasteiger partial charge in [0.25, 0.3) is 5.91 Å². The second-order valence-corrected chi connectivity index (χ2v) is 4.21. The predicted octanol–water partition coefficient (Wildman–Crippen LogP) is 1.66. The number of benzene rings is 1. The summed E-state index contributed by atoms with van der Waals surface area (Å²) in [7, 11) is 2.73. The van der Waals surface area contributed by atoms with Crippen LogP contribution in [0.25, 0.3) is 0 Å². The SMILES string of the molecule is CNC(=O)/C(=C/C(=O)OC)Nc1ccc(Br)cc1.